The molecule has 26 heavy (non-hydrogen) atoms. The van der Waals surface area contributed by atoms with Crippen molar-refractivity contribution in [2.75, 3.05) is 5.32 Å². The van der Waals surface area contributed by atoms with Gasteiger partial charge in [-0.3, -0.25) is 0 Å². The second-order valence-corrected chi connectivity index (χ2v) is 6.04. The van der Waals surface area contributed by atoms with Crippen molar-refractivity contribution in [1.82, 2.24) is 19.5 Å². The summed E-state index contributed by atoms with van der Waals surface area (Å²) in [6.45, 7) is 6.05. The lowest BCUT2D eigenvalue weighted by Crippen LogP contribution is -2.07. The minimum atomic E-state index is -1.32. The number of anilines is 2. The van der Waals surface area contributed by atoms with Gasteiger partial charge in [-0.05, 0) is 45.0 Å². The first kappa shape index (κ1) is 17.5. The monoisotopic (exact) mass is 355 g/mol. The third-order valence-corrected chi connectivity index (χ3v) is 3.87. The molecule has 0 spiro atoms. The Labute approximate surface area is 149 Å². The average Bonchev–Trinajstić information content (AvgIpc) is 2.96. The summed E-state index contributed by atoms with van der Waals surface area (Å²) in [5.41, 5.74) is 1.51. The van der Waals surface area contributed by atoms with Gasteiger partial charge in [0, 0.05) is 17.9 Å². The molecule has 3 rings (SSSR count). The Kier molecular flexibility index (Phi) is 4.66. The Bertz CT molecular complexity index is 968. The predicted molar refractivity (Wildman–Crippen MR) is 95.0 cm³/mol. The van der Waals surface area contributed by atoms with Gasteiger partial charge in [-0.2, -0.15) is 0 Å². The van der Waals surface area contributed by atoms with Crippen molar-refractivity contribution in [3.8, 4) is 11.4 Å². The third kappa shape index (κ3) is 3.39. The highest BCUT2D eigenvalue weighted by Crippen LogP contribution is 2.24. The molecule has 1 aromatic carbocycles. The number of aryl methyl sites for hydroxylation is 1. The van der Waals surface area contributed by atoms with Gasteiger partial charge >= 0.3 is 5.97 Å². The fraction of sp³-hybridized carbons (Fsp3) is 0.222. The van der Waals surface area contributed by atoms with E-state index in [1.165, 1.54) is 12.1 Å². The number of aromatic carboxylic acids is 1. The molecule has 0 aliphatic rings. The van der Waals surface area contributed by atoms with Crippen molar-refractivity contribution >= 4 is 17.6 Å². The molecule has 0 saturated heterocycles. The average molecular weight is 355 g/mol. The summed E-state index contributed by atoms with van der Waals surface area (Å²) in [6.07, 6.45) is 3.35. The van der Waals surface area contributed by atoms with E-state index in [-0.39, 0.29) is 17.6 Å². The summed E-state index contributed by atoms with van der Waals surface area (Å²) in [5, 5.41) is 11.8. The van der Waals surface area contributed by atoms with Crippen LogP contribution >= 0.6 is 0 Å². The summed E-state index contributed by atoms with van der Waals surface area (Å²) < 4.78 is 15.9. The number of halogens is 1. The molecule has 0 aliphatic carbocycles. The van der Waals surface area contributed by atoms with Crippen molar-refractivity contribution in [2.45, 2.75) is 26.8 Å². The highest BCUT2D eigenvalue weighted by atomic mass is 19.1. The van der Waals surface area contributed by atoms with E-state index in [0.29, 0.717) is 11.4 Å². The number of nitrogens with zero attached hydrogens (tertiary/aromatic N) is 4. The molecule has 0 radical (unpaired) electrons. The topological polar surface area (TPSA) is 92.9 Å². The molecule has 2 aromatic heterocycles. The highest BCUT2D eigenvalue weighted by molar-refractivity contribution is 5.88. The van der Waals surface area contributed by atoms with Crippen LogP contribution in [0.1, 0.15) is 36.1 Å². The molecule has 0 atom stereocenters. The van der Waals surface area contributed by atoms with Crippen LogP contribution in [0.3, 0.4) is 0 Å². The number of carboxylic acid groups (broad SMARTS) is 1. The fourth-order valence-corrected chi connectivity index (χ4v) is 2.75. The van der Waals surface area contributed by atoms with Gasteiger partial charge in [0.25, 0.3) is 0 Å². The van der Waals surface area contributed by atoms with Crippen LogP contribution in [0.2, 0.25) is 0 Å². The molecule has 0 bridgehead atoms. The van der Waals surface area contributed by atoms with Crippen LogP contribution in [0.25, 0.3) is 11.4 Å². The van der Waals surface area contributed by atoms with Gasteiger partial charge in [-0.15, -0.1) is 0 Å². The van der Waals surface area contributed by atoms with Crippen LogP contribution < -0.4 is 5.32 Å². The van der Waals surface area contributed by atoms with Gasteiger partial charge in [-0.25, -0.2) is 24.1 Å². The lowest BCUT2D eigenvalue weighted by molar-refractivity contribution is 0.0692. The number of rotatable bonds is 5. The van der Waals surface area contributed by atoms with E-state index in [1.54, 1.807) is 18.5 Å². The molecule has 8 heteroatoms. The molecule has 2 N–H and O–H groups in total. The van der Waals surface area contributed by atoms with Gasteiger partial charge < -0.3 is 15.0 Å². The maximum absolute atomic E-state index is 13.8. The van der Waals surface area contributed by atoms with Crippen LogP contribution in [0.5, 0.6) is 0 Å². The predicted octanol–water partition coefficient (Wildman–Crippen LogP) is 3.81. The van der Waals surface area contributed by atoms with Crippen LogP contribution in [0.15, 0.2) is 36.7 Å². The number of benzene rings is 1. The van der Waals surface area contributed by atoms with E-state index >= 15 is 0 Å². The zero-order valence-corrected chi connectivity index (χ0v) is 14.6. The molecule has 0 aliphatic heterocycles. The molecule has 2 heterocycles. The smallest absolute Gasteiger partial charge is 0.338 e. The number of hydrogen-bond donors (Lipinski definition) is 2. The summed E-state index contributed by atoms with van der Waals surface area (Å²) in [6, 6.07) is 5.75. The zero-order chi connectivity index (χ0) is 18.8. The van der Waals surface area contributed by atoms with Gasteiger partial charge in [0.1, 0.15) is 11.6 Å². The molecule has 3 aromatic rings. The van der Waals surface area contributed by atoms with Crippen LogP contribution in [-0.4, -0.2) is 30.6 Å². The van der Waals surface area contributed by atoms with Crippen molar-refractivity contribution in [3.05, 3.63) is 53.9 Å². The maximum Gasteiger partial charge on any atom is 0.338 e. The van der Waals surface area contributed by atoms with Crippen molar-refractivity contribution < 1.29 is 14.3 Å². The van der Waals surface area contributed by atoms with E-state index in [2.05, 4.69) is 38.7 Å². The Morgan fingerprint density at radius 3 is 2.69 bits per heavy atom. The maximum atomic E-state index is 13.8. The molecule has 0 fully saturated rings. The molecular formula is C18H18FN5O2. The first-order valence-corrected chi connectivity index (χ1v) is 8.04. The zero-order valence-electron chi connectivity index (χ0n) is 14.6. The Morgan fingerprint density at radius 2 is 2.04 bits per heavy atom. The van der Waals surface area contributed by atoms with Crippen LogP contribution in [-0.2, 0) is 0 Å². The van der Waals surface area contributed by atoms with E-state index in [1.807, 2.05) is 6.92 Å². The van der Waals surface area contributed by atoms with Crippen LogP contribution in [0, 0.1) is 12.7 Å². The Morgan fingerprint density at radius 1 is 1.27 bits per heavy atom. The van der Waals surface area contributed by atoms with E-state index in [9.17, 15) is 9.18 Å². The minimum absolute atomic E-state index is 0.219. The van der Waals surface area contributed by atoms with Crippen LogP contribution in [0.4, 0.5) is 16.0 Å². The van der Waals surface area contributed by atoms with Crippen molar-refractivity contribution in [2.24, 2.45) is 0 Å². The quantitative estimate of drug-likeness (QED) is 0.723. The molecule has 0 amide bonds. The summed E-state index contributed by atoms with van der Waals surface area (Å²) >= 11 is 0. The number of hydrogen-bond acceptors (Lipinski definition) is 5. The third-order valence-electron chi connectivity index (χ3n) is 3.87. The van der Waals surface area contributed by atoms with Gasteiger partial charge in [-0.1, -0.05) is 0 Å². The second kappa shape index (κ2) is 6.91. The summed E-state index contributed by atoms with van der Waals surface area (Å²) in [7, 11) is 0. The summed E-state index contributed by atoms with van der Waals surface area (Å²) in [4.78, 5) is 23.8. The first-order chi connectivity index (χ1) is 12.4. The minimum Gasteiger partial charge on any atom is -0.478 e. The second-order valence-electron chi connectivity index (χ2n) is 6.04. The number of aromatic nitrogens is 4. The Balaban J connectivity index is 1.91. The lowest BCUT2D eigenvalue weighted by atomic mass is 10.2. The summed E-state index contributed by atoms with van der Waals surface area (Å²) in [5.74, 6) is -0.981. The van der Waals surface area contributed by atoms with E-state index < -0.39 is 11.8 Å². The fourth-order valence-electron chi connectivity index (χ4n) is 2.75. The number of carboxylic acids is 1. The number of carbonyl (C=O) groups is 1. The Hall–Kier alpha value is -3.29. The largest absolute Gasteiger partial charge is 0.478 e. The van der Waals surface area contributed by atoms with Crippen molar-refractivity contribution in [1.29, 1.82) is 0 Å². The normalized spacial score (nSPS) is 11.0. The van der Waals surface area contributed by atoms with Gasteiger partial charge in [0.2, 0.25) is 5.95 Å². The first-order valence-electron chi connectivity index (χ1n) is 8.04. The van der Waals surface area contributed by atoms with Gasteiger partial charge in [0.05, 0.1) is 23.1 Å². The molecular weight excluding hydrogens is 337 g/mol. The molecule has 0 saturated carbocycles. The molecule has 134 valence electrons. The number of nitrogens with one attached hydrogen (secondary N) is 1. The van der Waals surface area contributed by atoms with E-state index in [0.717, 1.165) is 17.6 Å². The van der Waals surface area contributed by atoms with E-state index in [4.69, 9.17) is 5.11 Å². The standard InChI is InChI=1S/C18H18FN5O2/c1-10(2)24-11(3)21-9-16(24)15-6-7-20-18(23-15)22-12-4-5-13(17(25)26)14(19)8-12/h4-10H,1-3H3,(H,25,26)(H,20,22,23). The highest BCUT2D eigenvalue weighted by Gasteiger charge is 2.14. The lowest BCUT2D eigenvalue weighted by Gasteiger charge is -2.14. The number of imidazole rings is 1. The SMILES string of the molecule is Cc1ncc(-c2ccnc(Nc3ccc(C(=O)O)c(F)c3)n2)n1C(C)C. The van der Waals surface area contributed by atoms with Gasteiger partial charge in [0.15, 0.2) is 0 Å². The van der Waals surface area contributed by atoms with Crippen molar-refractivity contribution in [3.63, 3.8) is 0 Å². The molecule has 0 unspecified atom stereocenters. The molecule has 7 nitrogen and oxygen atoms in total.